The maximum absolute atomic E-state index is 13.1. The van der Waals surface area contributed by atoms with E-state index in [0.29, 0.717) is 31.8 Å². The van der Waals surface area contributed by atoms with Gasteiger partial charge < -0.3 is 19.5 Å². The van der Waals surface area contributed by atoms with Gasteiger partial charge in [0.25, 0.3) is 0 Å². The molecule has 1 heterocycles. The molecular weight excluding hydrogens is 518 g/mol. The number of hydrogen-bond acceptors (Lipinski definition) is 11. The predicted molar refractivity (Wildman–Crippen MR) is 142 cm³/mol. The Labute approximate surface area is 226 Å². The average Bonchev–Trinajstić information content (AvgIpc) is 3.29. The van der Waals surface area contributed by atoms with E-state index in [-0.39, 0.29) is 24.0 Å². The zero-order valence-corrected chi connectivity index (χ0v) is 23.1. The fourth-order valence-corrected chi connectivity index (χ4v) is 5.17. The Hall–Kier alpha value is -3.06. The van der Waals surface area contributed by atoms with Crippen molar-refractivity contribution in [1.29, 1.82) is 0 Å². The molecule has 2 aromatic rings. The number of amides is 1. The molecule has 0 radical (unpaired) electrons. The summed E-state index contributed by atoms with van der Waals surface area (Å²) in [6.07, 6.45) is 0.684. The third-order valence-corrected chi connectivity index (χ3v) is 6.62. The number of thiocarbonyl (C=S) groups is 1. The monoisotopic (exact) mass is 551 g/mol. The number of thioether (sulfide) groups is 1. The minimum Gasteiger partial charge on any atom is -0.479 e. The van der Waals surface area contributed by atoms with Crippen LogP contribution < -0.4 is 5.32 Å². The number of nitrogens with one attached hydrogen (secondary N) is 1. The summed E-state index contributed by atoms with van der Waals surface area (Å²) in [4.78, 5) is 38.3. The van der Waals surface area contributed by atoms with Crippen molar-refractivity contribution in [3.8, 4) is 0 Å². The molecule has 0 saturated carbocycles. The molecule has 0 bridgehead atoms. The smallest absolute Gasteiger partial charge is 0.343 e. The van der Waals surface area contributed by atoms with Crippen LogP contribution in [0.2, 0.25) is 0 Å². The average molecular weight is 552 g/mol. The van der Waals surface area contributed by atoms with Crippen LogP contribution in [-0.4, -0.2) is 73.0 Å². The zero-order valence-electron chi connectivity index (χ0n) is 21.5. The number of hydrogen-bond donors (Lipinski definition) is 1. The Morgan fingerprint density at radius 3 is 2.24 bits per heavy atom. The van der Waals surface area contributed by atoms with Gasteiger partial charge >= 0.3 is 11.9 Å². The van der Waals surface area contributed by atoms with Crippen LogP contribution in [0.1, 0.15) is 51.9 Å². The minimum absolute atomic E-state index is 0.0169. The van der Waals surface area contributed by atoms with Crippen molar-refractivity contribution in [3.63, 3.8) is 0 Å². The molecular formula is C24H33N5O6S2. The van der Waals surface area contributed by atoms with E-state index in [2.05, 4.69) is 20.8 Å². The molecule has 37 heavy (non-hydrogen) atoms. The maximum Gasteiger partial charge on any atom is 0.343 e. The fourth-order valence-electron chi connectivity index (χ4n) is 3.62. The van der Waals surface area contributed by atoms with E-state index in [1.807, 2.05) is 30.3 Å². The molecule has 1 unspecified atom stereocenters. The summed E-state index contributed by atoms with van der Waals surface area (Å²) in [5.41, 5.74) is -1.01. The van der Waals surface area contributed by atoms with Gasteiger partial charge in [0.2, 0.25) is 15.8 Å². The number of carbonyl (C=O) groups excluding carboxylic acids is 3. The van der Waals surface area contributed by atoms with Crippen molar-refractivity contribution < 1.29 is 28.6 Å². The van der Waals surface area contributed by atoms with Gasteiger partial charge in [-0.1, -0.05) is 42.1 Å². The topological polar surface area (TPSA) is 135 Å². The number of benzene rings is 1. The number of aryl methyl sites for hydroxylation is 1. The van der Waals surface area contributed by atoms with E-state index < -0.39 is 28.6 Å². The lowest BCUT2D eigenvalue weighted by atomic mass is 9.91. The number of rotatable bonds is 14. The van der Waals surface area contributed by atoms with Gasteiger partial charge in [-0.2, -0.15) is 0 Å². The first-order chi connectivity index (χ1) is 17.7. The highest BCUT2D eigenvalue weighted by Crippen LogP contribution is 2.30. The van der Waals surface area contributed by atoms with Gasteiger partial charge in [-0.3, -0.25) is 4.79 Å². The van der Waals surface area contributed by atoms with Crippen LogP contribution in [0.5, 0.6) is 0 Å². The first-order valence-corrected chi connectivity index (χ1v) is 13.3. The van der Waals surface area contributed by atoms with Gasteiger partial charge in [-0.15, -0.1) is 5.10 Å². The zero-order chi connectivity index (χ0) is 27.3. The lowest BCUT2D eigenvalue weighted by Gasteiger charge is -2.32. The van der Waals surface area contributed by atoms with Crippen LogP contribution in [0.3, 0.4) is 0 Å². The lowest BCUT2D eigenvalue weighted by molar-refractivity contribution is -0.168. The molecule has 1 amide bonds. The summed E-state index contributed by atoms with van der Waals surface area (Å²) in [6.45, 7) is 7.14. The van der Waals surface area contributed by atoms with E-state index in [9.17, 15) is 14.4 Å². The van der Waals surface area contributed by atoms with Crippen LogP contribution in [0, 0.1) is 0 Å². The van der Waals surface area contributed by atoms with Crippen molar-refractivity contribution in [1.82, 2.24) is 25.5 Å². The first-order valence-electron chi connectivity index (χ1n) is 12.0. The van der Waals surface area contributed by atoms with Crippen molar-refractivity contribution in [2.75, 3.05) is 19.8 Å². The SMILES string of the molecule is CCOC(=O)C(CC(CCc1nnnn1Cc1ccccc1)SC(=S)OCC)(NC(C)=O)C(=O)OCC. The normalized spacial score (nSPS) is 11.9. The molecule has 2 rings (SSSR count). The van der Waals surface area contributed by atoms with Gasteiger partial charge in [0.15, 0.2) is 5.82 Å². The third kappa shape index (κ3) is 9.08. The number of esters is 2. The van der Waals surface area contributed by atoms with Crippen LogP contribution in [0.4, 0.5) is 0 Å². The van der Waals surface area contributed by atoms with Crippen molar-refractivity contribution in [2.24, 2.45) is 0 Å². The van der Waals surface area contributed by atoms with E-state index in [4.69, 9.17) is 26.4 Å². The molecule has 0 saturated heterocycles. The second-order valence-corrected chi connectivity index (χ2v) is 9.83. The number of carbonyl (C=O) groups is 3. The summed E-state index contributed by atoms with van der Waals surface area (Å²) in [6, 6.07) is 9.76. The molecule has 1 aromatic heterocycles. The summed E-state index contributed by atoms with van der Waals surface area (Å²) in [5, 5.41) is 14.1. The predicted octanol–water partition coefficient (Wildman–Crippen LogP) is 2.47. The van der Waals surface area contributed by atoms with Gasteiger partial charge in [0.05, 0.1) is 26.4 Å². The molecule has 0 spiro atoms. The lowest BCUT2D eigenvalue weighted by Crippen LogP contribution is -2.62. The van der Waals surface area contributed by atoms with Crippen LogP contribution in [-0.2, 0) is 41.6 Å². The standard InChI is InChI=1S/C24H33N5O6S2/c1-5-33-21(31)24(25-17(4)30,22(32)34-6-2)15-19(37-23(36)35-7-3)13-14-20-26-27-28-29(20)16-18-11-9-8-10-12-18/h8-12,19H,5-7,13-16H2,1-4H3,(H,25,30). The van der Waals surface area contributed by atoms with Gasteiger partial charge in [0, 0.05) is 25.0 Å². The molecule has 0 aliphatic rings. The second kappa shape index (κ2) is 15.3. The Bertz CT molecular complexity index is 1030. The Morgan fingerprint density at radius 2 is 1.68 bits per heavy atom. The van der Waals surface area contributed by atoms with Crippen LogP contribution >= 0.6 is 24.0 Å². The van der Waals surface area contributed by atoms with Gasteiger partial charge in [-0.25, -0.2) is 14.3 Å². The summed E-state index contributed by atoms with van der Waals surface area (Å²) in [7, 11) is 0. The molecule has 1 aromatic carbocycles. The number of tetrazole rings is 1. The highest BCUT2D eigenvalue weighted by molar-refractivity contribution is 8.23. The molecule has 1 N–H and O–H groups in total. The molecule has 11 nitrogen and oxygen atoms in total. The summed E-state index contributed by atoms with van der Waals surface area (Å²) < 4.78 is 17.8. The molecule has 0 aliphatic carbocycles. The molecule has 0 fully saturated rings. The van der Waals surface area contributed by atoms with Gasteiger partial charge in [0.1, 0.15) is 0 Å². The fraction of sp³-hybridized carbons (Fsp3) is 0.542. The summed E-state index contributed by atoms with van der Waals surface area (Å²) >= 11 is 6.53. The van der Waals surface area contributed by atoms with Crippen molar-refractivity contribution in [3.05, 3.63) is 41.7 Å². The van der Waals surface area contributed by atoms with E-state index in [0.717, 1.165) is 5.56 Å². The maximum atomic E-state index is 13.1. The highest BCUT2D eigenvalue weighted by atomic mass is 32.2. The molecule has 202 valence electrons. The second-order valence-electron chi connectivity index (χ2n) is 7.93. The molecule has 13 heteroatoms. The first kappa shape index (κ1) is 30.2. The van der Waals surface area contributed by atoms with Crippen LogP contribution in [0.25, 0.3) is 0 Å². The van der Waals surface area contributed by atoms with Crippen LogP contribution in [0.15, 0.2) is 30.3 Å². The van der Waals surface area contributed by atoms with E-state index >= 15 is 0 Å². The third-order valence-electron chi connectivity index (χ3n) is 5.17. The minimum atomic E-state index is -2.05. The Kier molecular flexibility index (Phi) is 12.4. The number of aromatic nitrogens is 4. The largest absolute Gasteiger partial charge is 0.479 e. The van der Waals surface area contributed by atoms with Gasteiger partial charge in [-0.05, 0) is 55.4 Å². The van der Waals surface area contributed by atoms with E-state index in [1.165, 1.54) is 18.7 Å². The van der Waals surface area contributed by atoms with Crippen molar-refractivity contribution in [2.45, 2.75) is 64.3 Å². The Balaban J connectivity index is 2.34. The molecule has 1 atom stereocenters. The number of nitrogens with zero attached hydrogens (tertiary/aromatic N) is 4. The quantitative estimate of drug-likeness (QED) is 0.211. The number of ether oxygens (including phenoxy) is 3. The molecule has 0 aliphatic heterocycles. The van der Waals surface area contributed by atoms with E-state index in [1.54, 1.807) is 25.5 Å². The Morgan fingerprint density at radius 1 is 1.05 bits per heavy atom. The highest BCUT2D eigenvalue weighted by Gasteiger charge is 2.51. The van der Waals surface area contributed by atoms with Crippen molar-refractivity contribution >= 4 is 46.2 Å². The summed E-state index contributed by atoms with van der Waals surface area (Å²) in [5.74, 6) is -1.76.